The van der Waals surface area contributed by atoms with E-state index in [1.165, 1.54) is 9.56 Å². The highest BCUT2D eigenvalue weighted by molar-refractivity contribution is 7.10. The van der Waals surface area contributed by atoms with Crippen LogP contribution < -0.4 is 10.9 Å². The number of ketones is 1. The van der Waals surface area contributed by atoms with Gasteiger partial charge < -0.3 is 10.4 Å². The molecule has 2 atom stereocenters. The van der Waals surface area contributed by atoms with Crippen molar-refractivity contribution in [1.82, 2.24) is 9.78 Å². The van der Waals surface area contributed by atoms with E-state index >= 15 is 0 Å². The van der Waals surface area contributed by atoms with Crippen molar-refractivity contribution >= 4 is 22.9 Å². The lowest BCUT2D eigenvalue weighted by molar-refractivity contribution is -0.116. The Morgan fingerprint density at radius 1 is 0.939 bits per heavy atom. The number of fused-ring (bicyclic) bond motifs is 1. The van der Waals surface area contributed by atoms with Gasteiger partial charge in [-0.3, -0.25) is 14.7 Å². The predicted octanol–water partition coefficient (Wildman–Crippen LogP) is 4.89. The van der Waals surface area contributed by atoms with Gasteiger partial charge in [-0.05, 0) is 47.7 Å². The fourth-order valence-electron chi connectivity index (χ4n) is 4.98. The molecule has 3 heterocycles. The van der Waals surface area contributed by atoms with Crippen molar-refractivity contribution in [1.29, 1.82) is 0 Å². The van der Waals surface area contributed by atoms with Crippen LogP contribution in [0.1, 0.15) is 40.7 Å². The molecule has 164 valence electrons. The molecular weight excluding hydrogens is 434 g/mol. The Hall–Kier alpha value is -3.84. The summed E-state index contributed by atoms with van der Waals surface area (Å²) < 4.78 is 1.52. The molecule has 3 N–H and O–H groups in total. The van der Waals surface area contributed by atoms with E-state index in [0.29, 0.717) is 29.8 Å². The van der Waals surface area contributed by atoms with Crippen LogP contribution in [0, 0.1) is 0 Å². The number of H-pyrrole nitrogens is 1. The van der Waals surface area contributed by atoms with E-state index in [1.807, 2.05) is 41.8 Å². The third-order valence-electron chi connectivity index (χ3n) is 6.47. The van der Waals surface area contributed by atoms with Gasteiger partial charge in [0.05, 0.1) is 11.3 Å². The van der Waals surface area contributed by atoms with E-state index in [-0.39, 0.29) is 23.0 Å². The number of carbonyl (C=O) groups is 1. The third-order valence-corrected chi connectivity index (χ3v) is 7.51. The van der Waals surface area contributed by atoms with Gasteiger partial charge in [-0.1, -0.05) is 36.4 Å². The van der Waals surface area contributed by atoms with Gasteiger partial charge in [0, 0.05) is 34.4 Å². The zero-order valence-corrected chi connectivity index (χ0v) is 18.4. The monoisotopic (exact) mass is 455 g/mol. The molecule has 0 unspecified atom stereocenters. The van der Waals surface area contributed by atoms with Crippen LogP contribution in [0.25, 0.3) is 5.69 Å². The van der Waals surface area contributed by atoms with Crippen molar-refractivity contribution in [2.75, 3.05) is 5.32 Å². The fraction of sp³-hybridized carbons (Fsp3) is 0.154. The van der Waals surface area contributed by atoms with Crippen molar-refractivity contribution in [2.45, 2.75) is 24.7 Å². The molecule has 33 heavy (non-hydrogen) atoms. The lowest BCUT2D eigenvalue weighted by atomic mass is 9.74. The standard InChI is InChI=1S/C26H21N3O3S/c30-18-10-8-15(9-11-18)22-23-19(13-16(14-20(23)31)21-7-4-12-33-21)27-25-24(22)26(32)29(28-25)17-5-2-1-3-6-17/h1-12,16,22,27-28,30H,13-14H2/t16-,22-/m0/s1. The second kappa shape index (κ2) is 7.64. The predicted molar refractivity (Wildman–Crippen MR) is 128 cm³/mol. The number of hydrogen-bond acceptors (Lipinski definition) is 5. The first-order valence-electron chi connectivity index (χ1n) is 10.9. The van der Waals surface area contributed by atoms with Crippen molar-refractivity contribution in [2.24, 2.45) is 0 Å². The molecule has 1 aliphatic heterocycles. The summed E-state index contributed by atoms with van der Waals surface area (Å²) in [6, 6.07) is 20.3. The summed E-state index contributed by atoms with van der Waals surface area (Å²) >= 11 is 1.67. The van der Waals surface area contributed by atoms with Crippen LogP contribution in [0.15, 0.2) is 88.2 Å². The number of aromatic amines is 1. The maximum absolute atomic E-state index is 13.6. The number of thiophene rings is 1. The topological polar surface area (TPSA) is 87.1 Å². The van der Waals surface area contributed by atoms with E-state index in [9.17, 15) is 14.7 Å². The van der Waals surface area contributed by atoms with Gasteiger partial charge in [0.2, 0.25) is 0 Å². The molecular formula is C26H21N3O3S. The first kappa shape index (κ1) is 19.8. The molecule has 2 aromatic carbocycles. The average molecular weight is 456 g/mol. The fourth-order valence-corrected chi connectivity index (χ4v) is 5.81. The normalized spacial score (nSPS) is 19.7. The van der Waals surface area contributed by atoms with E-state index in [0.717, 1.165) is 16.9 Å². The summed E-state index contributed by atoms with van der Waals surface area (Å²) in [6.07, 6.45) is 1.12. The van der Waals surface area contributed by atoms with Crippen LogP contribution >= 0.6 is 11.3 Å². The molecule has 0 amide bonds. The molecule has 0 spiro atoms. The van der Waals surface area contributed by atoms with Crippen molar-refractivity contribution in [3.63, 3.8) is 0 Å². The van der Waals surface area contributed by atoms with Crippen LogP contribution in [0.2, 0.25) is 0 Å². The summed E-state index contributed by atoms with van der Waals surface area (Å²) in [5, 5.41) is 18.5. The number of hydrogen-bond donors (Lipinski definition) is 3. The molecule has 0 radical (unpaired) electrons. The summed E-state index contributed by atoms with van der Waals surface area (Å²) in [5.74, 6) is 0.430. The first-order chi connectivity index (χ1) is 16.1. The van der Waals surface area contributed by atoms with E-state index in [1.54, 1.807) is 35.6 Å². The minimum atomic E-state index is -0.498. The summed E-state index contributed by atoms with van der Waals surface area (Å²) in [7, 11) is 0. The van der Waals surface area contributed by atoms with Crippen LogP contribution in [0.4, 0.5) is 5.82 Å². The molecule has 4 aromatic rings. The Balaban J connectivity index is 1.53. The number of carbonyl (C=O) groups excluding carboxylic acids is 1. The number of para-hydroxylation sites is 1. The van der Waals surface area contributed by atoms with Crippen LogP contribution in [-0.4, -0.2) is 20.7 Å². The lowest BCUT2D eigenvalue weighted by Gasteiger charge is -2.34. The van der Waals surface area contributed by atoms with E-state index in [2.05, 4.69) is 16.5 Å². The molecule has 2 aromatic heterocycles. The van der Waals surface area contributed by atoms with Crippen molar-refractivity contribution < 1.29 is 9.90 Å². The van der Waals surface area contributed by atoms with Gasteiger partial charge >= 0.3 is 0 Å². The minimum absolute atomic E-state index is 0.0535. The smallest absolute Gasteiger partial charge is 0.277 e. The number of aromatic nitrogens is 2. The van der Waals surface area contributed by atoms with Gasteiger partial charge in [0.15, 0.2) is 5.78 Å². The van der Waals surface area contributed by atoms with Crippen LogP contribution in [0.5, 0.6) is 5.75 Å². The Labute approximate surface area is 193 Å². The van der Waals surface area contributed by atoms with Gasteiger partial charge in [0.25, 0.3) is 5.56 Å². The number of allylic oxidation sites excluding steroid dienone is 2. The Morgan fingerprint density at radius 2 is 1.73 bits per heavy atom. The summed E-state index contributed by atoms with van der Waals surface area (Å²) in [6.45, 7) is 0. The molecule has 1 aliphatic carbocycles. The van der Waals surface area contributed by atoms with Gasteiger partial charge in [-0.15, -0.1) is 11.3 Å². The molecule has 0 saturated heterocycles. The van der Waals surface area contributed by atoms with Gasteiger partial charge in [0.1, 0.15) is 11.6 Å². The molecule has 2 aliphatic rings. The van der Waals surface area contributed by atoms with E-state index < -0.39 is 5.92 Å². The highest BCUT2D eigenvalue weighted by atomic mass is 32.1. The molecule has 0 saturated carbocycles. The largest absolute Gasteiger partial charge is 0.508 e. The van der Waals surface area contributed by atoms with Gasteiger partial charge in [-0.25, -0.2) is 4.68 Å². The Bertz CT molecular complexity index is 1430. The van der Waals surface area contributed by atoms with E-state index in [4.69, 9.17) is 0 Å². The van der Waals surface area contributed by atoms with Crippen molar-refractivity contribution in [3.8, 4) is 11.4 Å². The molecule has 7 heteroatoms. The Morgan fingerprint density at radius 3 is 2.45 bits per heavy atom. The van der Waals surface area contributed by atoms with Gasteiger partial charge in [-0.2, -0.15) is 0 Å². The number of aromatic hydroxyl groups is 1. The maximum Gasteiger partial charge on any atom is 0.277 e. The SMILES string of the molecule is O=C1C[C@@H](c2cccs2)CC2=C1[C@H](c1ccc(O)cc1)c1c([nH]n(-c3ccccc3)c1=O)N2. The summed E-state index contributed by atoms with van der Waals surface area (Å²) in [5.41, 5.74) is 3.37. The number of Topliss-reactive ketones (excluding diaryl/α,β-unsaturated/α-hetero) is 1. The Kier molecular flexibility index (Phi) is 4.58. The van der Waals surface area contributed by atoms with Crippen LogP contribution in [0.3, 0.4) is 0 Å². The number of anilines is 1. The van der Waals surface area contributed by atoms with Crippen molar-refractivity contribution in [3.05, 3.63) is 110 Å². The number of phenolic OH excluding ortho intramolecular Hbond substituents is 1. The second-order valence-electron chi connectivity index (χ2n) is 8.46. The third kappa shape index (κ3) is 3.24. The number of nitrogens with one attached hydrogen (secondary N) is 2. The first-order valence-corrected chi connectivity index (χ1v) is 11.7. The highest BCUT2D eigenvalue weighted by Gasteiger charge is 2.41. The lowest BCUT2D eigenvalue weighted by Crippen LogP contribution is -2.31. The number of phenols is 1. The molecule has 0 fully saturated rings. The van der Waals surface area contributed by atoms with Crippen LogP contribution in [-0.2, 0) is 4.79 Å². The zero-order valence-electron chi connectivity index (χ0n) is 17.6. The molecule has 0 bridgehead atoms. The number of benzene rings is 2. The maximum atomic E-state index is 13.6. The number of nitrogens with zero attached hydrogens (tertiary/aromatic N) is 1. The quantitative estimate of drug-likeness (QED) is 0.410. The molecule has 6 rings (SSSR count). The number of rotatable bonds is 3. The second-order valence-corrected chi connectivity index (χ2v) is 9.44. The zero-order chi connectivity index (χ0) is 22.5. The molecule has 6 nitrogen and oxygen atoms in total. The average Bonchev–Trinajstić information content (AvgIpc) is 3.48. The minimum Gasteiger partial charge on any atom is -0.508 e. The summed E-state index contributed by atoms with van der Waals surface area (Å²) in [4.78, 5) is 28.3. The highest BCUT2D eigenvalue weighted by Crippen LogP contribution is 2.47.